The molecule has 3 rings (SSSR count). The Labute approximate surface area is 160 Å². The molecule has 0 spiro atoms. The molecule has 7 heteroatoms. The lowest BCUT2D eigenvalue weighted by Gasteiger charge is -2.27. The number of nitrogens with one attached hydrogen (secondary N) is 1. The van der Waals surface area contributed by atoms with Gasteiger partial charge in [-0.25, -0.2) is 9.78 Å². The number of hydrogen-bond acceptors (Lipinski definition) is 3. The largest absolute Gasteiger partial charge is 0.350 e. The zero-order valence-corrected chi connectivity index (χ0v) is 16.8. The summed E-state index contributed by atoms with van der Waals surface area (Å²) < 4.78 is 1.94. The van der Waals surface area contributed by atoms with Crippen LogP contribution in [0.2, 0.25) is 0 Å². The number of aromatic nitrogens is 2. The Morgan fingerprint density at radius 1 is 1.30 bits per heavy atom. The fourth-order valence-electron chi connectivity index (χ4n) is 3.41. The molecular formula is C20H29N5O2. The molecule has 2 aromatic rings. The van der Waals surface area contributed by atoms with Gasteiger partial charge in [0.2, 0.25) is 0 Å². The molecule has 27 heavy (non-hydrogen) atoms. The van der Waals surface area contributed by atoms with Crippen LogP contribution in [-0.2, 0) is 0 Å². The van der Waals surface area contributed by atoms with E-state index in [-0.39, 0.29) is 23.4 Å². The van der Waals surface area contributed by atoms with Crippen molar-refractivity contribution in [2.75, 3.05) is 27.2 Å². The fourth-order valence-corrected chi connectivity index (χ4v) is 3.41. The van der Waals surface area contributed by atoms with Crippen LogP contribution in [0.4, 0.5) is 4.79 Å². The average molecular weight is 371 g/mol. The predicted molar refractivity (Wildman–Crippen MR) is 105 cm³/mol. The van der Waals surface area contributed by atoms with E-state index < -0.39 is 0 Å². The summed E-state index contributed by atoms with van der Waals surface area (Å²) in [5.74, 6) is 0.572. The number of imidazole rings is 1. The monoisotopic (exact) mass is 371 g/mol. The zero-order valence-electron chi connectivity index (χ0n) is 16.8. The molecule has 2 aromatic heterocycles. The Morgan fingerprint density at radius 2 is 2.04 bits per heavy atom. The van der Waals surface area contributed by atoms with Crippen LogP contribution in [0.15, 0.2) is 24.4 Å². The number of fused-ring (bicyclic) bond motifs is 1. The second-order valence-electron chi connectivity index (χ2n) is 8.55. The first kappa shape index (κ1) is 19.2. The standard InChI is InChI=1S/C20H29N5O2/c1-20(2,3)13-21-18(26)16-14-9-6-7-11-24(14)17(22-16)15-10-8-12-25(15)19(27)23(4)5/h6-7,9,11,15H,8,10,12-13H2,1-5H3,(H,21,26)/t15-/m1/s1. The van der Waals surface area contributed by atoms with E-state index in [1.165, 1.54) is 0 Å². The number of likely N-dealkylation sites (tertiary alicyclic amines) is 1. The molecule has 3 amide bonds. The highest BCUT2D eigenvalue weighted by molar-refractivity contribution is 5.99. The van der Waals surface area contributed by atoms with Gasteiger partial charge >= 0.3 is 6.03 Å². The van der Waals surface area contributed by atoms with Crippen molar-refractivity contribution in [3.8, 4) is 0 Å². The Hall–Kier alpha value is -2.57. The van der Waals surface area contributed by atoms with Crippen LogP contribution < -0.4 is 5.32 Å². The number of nitrogens with zero attached hydrogens (tertiary/aromatic N) is 4. The molecule has 3 heterocycles. The number of carbonyl (C=O) groups is 2. The Balaban J connectivity index is 1.97. The summed E-state index contributed by atoms with van der Waals surface area (Å²) in [4.78, 5) is 33.5. The van der Waals surface area contributed by atoms with Gasteiger partial charge in [-0.15, -0.1) is 0 Å². The van der Waals surface area contributed by atoms with E-state index in [0.29, 0.717) is 18.8 Å². The first-order valence-electron chi connectivity index (χ1n) is 9.42. The van der Waals surface area contributed by atoms with Crippen LogP contribution in [0.3, 0.4) is 0 Å². The van der Waals surface area contributed by atoms with Crippen molar-refractivity contribution in [1.82, 2.24) is 24.5 Å². The maximum absolute atomic E-state index is 12.8. The van der Waals surface area contributed by atoms with Crippen molar-refractivity contribution in [3.05, 3.63) is 35.9 Å². The highest BCUT2D eigenvalue weighted by Gasteiger charge is 2.35. The lowest BCUT2D eigenvalue weighted by molar-refractivity contribution is 0.0936. The summed E-state index contributed by atoms with van der Waals surface area (Å²) in [6, 6.07) is 5.57. The fraction of sp³-hybridized carbons (Fsp3) is 0.550. The average Bonchev–Trinajstić information content (AvgIpc) is 3.22. The van der Waals surface area contributed by atoms with Crippen molar-refractivity contribution in [2.45, 2.75) is 39.7 Å². The normalized spacial score (nSPS) is 17.4. The lowest BCUT2D eigenvalue weighted by atomic mass is 9.97. The van der Waals surface area contributed by atoms with Crippen molar-refractivity contribution in [2.24, 2.45) is 5.41 Å². The predicted octanol–water partition coefficient (Wildman–Crippen LogP) is 2.93. The van der Waals surface area contributed by atoms with Gasteiger partial charge in [0.15, 0.2) is 5.69 Å². The quantitative estimate of drug-likeness (QED) is 0.902. The molecule has 0 unspecified atom stereocenters. The van der Waals surface area contributed by atoms with Crippen LogP contribution in [0.5, 0.6) is 0 Å². The summed E-state index contributed by atoms with van der Waals surface area (Å²) in [6.07, 6.45) is 3.68. The Morgan fingerprint density at radius 3 is 2.70 bits per heavy atom. The summed E-state index contributed by atoms with van der Waals surface area (Å²) in [6.45, 7) is 7.50. The summed E-state index contributed by atoms with van der Waals surface area (Å²) in [5, 5.41) is 2.98. The van der Waals surface area contributed by atoms with Crippen LogP contribution in [0.25, 0.3) is 5.52 Å². The number of pyridine rings is 1. The van der Waals surface area contributed by atoms with Gasteiger partial charge in [-0.2, -0.15) is 0 Å². The lowest BCUT2D eigenvalue weighted by Crippen LogP contribution is -2.39. The molecule has 1 aliphatic heterocycles. The highest BCUT2D eigenvalue weighted by Crippen LogP contribution is 2.33. The van der Waals surface area contributed by atoms with E-state index in [2.05, 4.69) is 26.1 Å². The van der Waals surface area contributed by atoms with Gasteiger partial charge in [0.05, 0.1) is 11.6 Å². The minimum absolute atomic E-state index is 0.00554. The Kier molecular flexibility index (Phi) is 5.13. The van der Waals surface area contributed by atoms with Gasteiger partial charge < -0.3 is 19.5 Å². The second-order valence-corrected chi connectivity index (χ2v) is 8.55. The minimum atomic E-state index is -0.177. The van der Waals surface area contributed by atoms with Crippen molar-refractivity contribution < 1.29 is 9.59 Å². The van der Waals surface area contributed by atoms with Crippen LogP contribution in [0, 0.1) is 5.41 Å². The molecule has 7 nitrogen and oxygen atoms in total. The summed E-state index contributed by atoms with van der Waals surface area (Å²) in [5.41, 5.74) is 1.18. The van der Waals surface area contributed by atoms with E-state index in [0.717, 1.165) is 24.2 Å². The molecule has 0 bridgehead atoms. The van der Waals surface area contributed by atoms with Gasteiger partial charge in [0.25, 0.3) is 5.91 Å². The first-order chi connectivity index (χ1) is 12.7. The number of rotatable bonds is 3. The van der Waals surface area contributed by atoms with Gasteiger partial charge in [-0.1, -0.05) is 26.8 Å². The van der Waals surface area contributed by atoms with Gasteiger partial charge in [-0.05, 0) is 30.4 Å². The van der Waals surface area contributed by atoms with Crippen LogP contribution in [-0.4, -0.2) is 58.3 Å². The van der Waals surface area contributed by atoms with Crippen molar-refractivity contribution >= 4 is 17.5 Å². The third-order valence-corrected chi connectivity index (χ3v) is 4.75. The molecule has 1 N–H and O–H groups in total. The molecule has 0 aliphatic carbocycles. The third-order valence-electron chi connectivity index (χ3n) is 4.75. The molecular weight excluding hydrogens is 342 g/mol. The third kappa shape index (κ3) is 3.91. The number of urea groups is 1. The molecule has 0 radical (unpaired) electrons. The van der Waals surface area contributed by atoms with Gasteiger partial charge in [-0.3, -0.25) is 4.79 Å². The van der Waals surface area contributed by atoms with Crippen molar-refractivity contribution in [1.29, 1.82) is 0 Å². The van der Waals surface area contributed by atoms with Gasteiger partial charge in [0.1, 0.15) is 5.82 Å². The van der Waals surface area contributed by atoms with Crippen LogP contribution in [0.1, 0.15) is 56.0 Å². The maximum Gasteiger partial charge on any atom is 0.320 e. The summed E-state index contributed by atoms with van der Waals surface area (Å²) >= 11 is 0. The Bertz CT molecular complexity index is 850. The van der Waals surface area contributed by atoms with Crippen LogP contribution >= 0.6 is 0 Å². The summed E-state index contributed by atoms with van der Waals surface area (Å²) in [7, 11) is 3.51. The topological polar surface area (TPSA) is 70.0 Å². The molecule has 1 aliphatic rings. The van der Waals surface area contributed by atoms with E-state index >= 15 is 0 Å². The zero-order chi connectivity index (χ0) is 19.8. The van der Waals surface area contributed by atoms with E-state index in [9.17, 15) is 9.59 Å². The van der Waals surface area contributed by atoms with Crippen molar-refractivity contribution in [3.63, 3.8) is 0 Å². The molecule has 0 saturated carbocycles. The second kappa shape index (κ2) is 7.21. The minimum Gasteiger partial charge on any atom is -0.350 e. The van der Waals surface area contributed by atoms with Gasteiger partial charge in [0, 0.05) is 33.4 Å². The molecule has 0 aromatic carbocycles. The smallest absolute Gasteiger partial charge is 0.320 e. The van der Waals surface area contributed by atoms with E-state index in [1.807, 2.05) is 33.7 Å². The van der Waals surface area contributed by atoms with E-state index in [1.54, 1.807) is 19.0 Å². The van der Waals surface area contributed by atoms with E-state index in [4.69, 9.17) is 4.98 Å². The number of carbonyl (C=O) groups excluding carboxylic acids is 2. The molecule has 1 fully saturated rings. The molecule has 1 atom stereocenters. The number of hydrogen-bond donors (Lipinski definition) is 1. The number of amides is 3. The maximum atomic E-state index is 12.8. The first-order valence-corrected chi connectivity index (χ1v) is 9.42. The molecule has 1 saturated heterocycles. The highest BCUT2D eigenvalue weighted by atomic mass is 16.2. The SMILES string of the molecule is CN(C)C(=O)N1CCC[C@@H]1c1nc(C(=O)NCC(C)(C)C)c2ccccn12. The molecule has 146 valence electrons.